The lowest BCUT2D eigenvalue weighted by Crippen LogP contribution is -2.59. The van der Waals surface area contributed by atoms with Gasteiger partial charge in [-0.05, 0) is 52.3 Å². The topological polar surface area (TPSA) is 84.6 Å². The van der Waals surface area contributed by atoms with Crippen molar-refractivity contribution in [1.82, 2.24) is 24.9 Å². The first-order chi connectivity index (χ1) is 14.9. The summed E-state index contributed by atoms with van der Waals surface area (Å²) in [4.78, 5) is 32.6. The number of hydrogen-bond acceptors (Lipinski definition) is 4. The molecule has 2 fully saturated rings. The quantitative estimate of drug-likeness (QED) is 0.779. The molecule has 4 heterocycles. The third-order valence-corrected chi connectivity index (χ3v) is 7.05. The molecular weight excluding hydrogens is 392 g/mol. The Labute approximate surface area is 182 Å². The number of carbonyl (C=O) groups excluding carboxylic acids is 2. The zero-order chi connectivity index (χ0) is 21.7. The lowest BCUT2D eigenvalue weighted by molar-refractivity contribution is 0.0580. The van der Waals surface area contributed by atoms with Crippen LogP contribution >= 0.6 is 0 Å². The monoisotopic (exact) mass is 422 g/mol. The van der Waals surface area contributed by atoms with Crippen LogP contribution in [0.25, 0.3) is 0 Å². The van der Waals surface area contributed by atoms with Crippen molar-refractivity contribution in [2.45, 2.75) is 58.3 Å². The zero-order valence-corrected chi connectivity index (χ0v) is 18.4. The lowest BCUT2D eigenvalue weighted by Gasteiger charge is -2.44. The standard InChI is InChI=1S/C23H30N6O2/c1-14-6-4-7-17(10-14)22(30)24-21-19-13-29(16(3)20(19)25-26-21)23(31)28-12-18-8-5-9-27(18)11-15(28)2/h4,6-7,10,15-16,18H,5,8-9,11-13H2,1-3H3,(H2,24,25,26,30)/t15-,16?,18?/m0/s1. The fourth-order valence-corrected chi connectivity index (χ4v) is 5.27. The van der Waals surface area contributed by atoms with Crippen molar-refractivity contribution < 1.29 is 9.59 Å². The van der Waals surface area contributed by atoms with Gasteiger partial charge in [-0.25, -0.2) is 4.79 Å². The van der Waals surface area contributed by atoms with Crippen LogP contribution in [0.4, 0.5) is 10.6 Å². The number of hydrogen-bond donors (Lipinski definition) is 2. The van der Waals surface area contributed by atoms with Gasteiger partial charge >= 0.3 is 6.03 Å². The van der Waals surface area contributed by atoms with Crippen molar-refractivity contribution >= 4 is 17.8 Å². The number of aromatic nitrogens is 2. The maximum atomic E-state index is 13.5. The number of benzene rings is 1. The first-order valence-corrected chi connectivity index (χ1v) is 11.2. The van der Waals surface area contributed by atoms with Crippen LogP contribution in [-0.2, 0) is 6.54 Å². The molecule has 5 rings (SSSR count). The van der Waals surface area contributed by atoms with Crippen molar-refractivity contribution in [2.75, 3.05) is 25.0 Å². The average Bonchev–Trinajstić information content (AvgIpc) is 3.44. The molecule has 0 spiro atoms. The Bertz CT molecular complexity index is 1020. The van der Waals surface area contributed by atoms with Crippen molar-refractivity contribution in [3.8, 4) is 0 Å². The third-order valence-electron chi connectivity index (χ3n) is 7.05. The highest BCUT2D eigenvalue weighted by Gasteiger charge is 2.42. The first kappa shape index (κ1) is 20.1. The molecule has 31 heavy (non-hydrogen) atoms. The Morgan fingerprint density at radius 3 is 2.84 bits per heavy atom. The predicted molar refractivity (Wildman–Crippen MR) is 118 cm³/mol. The van der Waals surface area contributed by atoms with Crippen LogP contribution in [0.2, 0.25) is 0 Å². The van der Waals surface area contributed by atoms with Gasteiger partial charge in [0.1, 0.15) is 0 Å². The molecule has 8 heteroatoms. The normalized spacial score (nSPS) is 25.5. The van der Waals surface area contributed by atoms with Gasteiger partial charge in [0.25, 0.3) is 5.91 Å². The van der Waals surface area contributed by atoms with Gasteiger partial charge in [0.05, 0.1) is 18.3 Å². The number of rotatable bonds is 2. The molecule has 2 unspecified atom stereocenters. The molecule has 2 aromatic rings. The van der Waals surface area contributed by atoms with Gasteiger partial charge in [-0.2, -0.15) is 5.10 Å². The minimum absolute atomic E-state index is 0.0760. The molecule has 3 aliphatic heterocycles. The van der Waals surface area contributed by atoms with E-state index in [2.05, 4.69) is 27.3 Å². The summed E-state index contributed by atoms with van der Waals surface area (Å²) in [6.07, 6.45) is 2.39. The van der Waals surface area contributed by atoms with Gasteiger partial charge < -0.3 is 15.1 Å². The van der Waals surface area contributed by atoms with E-state index in [0.29, 0.717) is 24.0 Å². The molecule has 0 radical (unpaired) electrons. The summed E-state index contributed by atoms with van der Waals surface area (Å²) in [6.45, 7) is 9.46. The summed E-state index contributed by atoms with van der Waals surface area (Å²) in [5, 5.41) is 10.3. The number of amides is 3. The van der Waals surface area contributed by atoms with E-state index < -0.39 is 0 Å². The maximum absolute atomic E-state index is 13.5. The van der Waals surface area contributed by atoms with E-state index in [4.69, 9.17) is 0 Å². The number of nitrogens with zero attached hydrogens (tertiary/aromatic N) is 4. The fraction of sp³-hybridized carbons (Fsp3) is 0.522. The predicted octanol–water partition coefficient (Wildman–Crippen LogP) is 3.14. The SMILES string of the molecule is Cc1cccc(C(=O)Nc2n[nH]c3c2CN(C(=O)N2CC4CCCN4C[C@@H]2C)C3C)c1. The Hall–Kier alpha value is -2.87. The molecule has 3 atom stereocenters. The smallest absolute Gasteiger partial charge is 0.319 e. The zero-order valence-electron chi connectivity index (χ0n) is 18.4. The number of aryl methyl sites for hydroxylation is 1. The van der Waals surface area contributed by atoms with E-state index in [1.54, 1.807) is 6.07 Å². The van der Waals surface area contributed by atoms with Gasteiger partial charge in [-0.1, -0.05) is 17.7 Å². The highest BCUT2D eigenvalue weighted by atomic mass is 16.2. The number of H-pyrrole nitrogens is 1. The number of carbonyl (C=O) groups is 2. The van der Waals surface area contributed by atoms with Crippen LogP contribution in [0, 0.1) is 6.92 Å². The molecule has 1 aromatic carbocycles. The Balaban J connectivity index is 1.31. The van der Waals surface area contributed by atoms with Crippen molar-refractivity contribution in [3.63, 3.8) is 0 Å². The molecule has 2 N–H and O–H groups in total. The summed E-state index contributed by atoms with van der Waals surface area (Å²) < 4.78 is 0. The first-order valence-electron chi connectivity index (χ1n) is 11.2. The van der Waals surface area contributed by atoms with Gasteiger partial charge in [0, 0.05) is 36.3 Å². The van der Waals surface area contributed by atoms with Crippen LogP contribution in [0.15, 0.2) is 24.3 Å². The summed E-state index contributed by atoms with van der Waals surface area (Å²) >= 11 is 0. The second-order valence-corrected chi connectivity index (χ2v) is 9.17. The minimum Gasteiger partial charge on any atom is -0.319 e. The van der Waals surface area contributed by atoms with Crippen LogP contribution in [0.5, 0.6) is 0 Å². The molecule has 3 aliphatic rings. The molecule has 0 bridgehead atoms. The van der Waals surface area contributed by atoms with Gasteiger partial charge in [0.15, 0.2) is 5.82 Å². The number of aromatic amines is 1. The molecule has 0 saturated carbocycles. The summed E-state index contributed by atoms with van der Waals surface area (Å²) in [5.41, 5.74) is 3.43. The second kappa shape index (κ2) is 7.67. The van der Waals surface area contributed by atoms with Crippen LogP contribution < -0.4 is 5.32 Å². The second-order valence-electron chi connectivity index (χ2n) is 9.17. The molecule has 164 valence electrons. The van der Waals surface area contributed by atoms with E-state index in [1.165, 1.54) is 12.8 Å². The minimum atomic E-state index is -0.193. The fourth-order valence-electron chi connectivity index (χ4n) is 5.27. The van der Waals surface area contributed by atoms with E-state index in [-0.39, 0.29) is 24.0 Å². The van der Waals surface area contributed by atoms with Crippen molar-refractivity contribution in [2.24, 2.45) is 0 Å². The Morgan fingerprint density at radius 2 is 2.03 bits per heavy atom. The molecule has 3 amide bonds. The molecule has 2 saturated heterocycles. The van der Waals surface area contributed by atoms with Gasteiger partial charge in [-0.3, -0.25) is 14.8 Å². The summed E-state index contributed by atoms with van der Waals surface area (Å²) in [5.74, 6) is 0.318. The number of nitrogens with one attached hydrogen (secondary N) is 2. The molecule has 8 nitrogen and oxygen atoms in total. The van der Waals surface area contributed by atoms with Crippen molar-refractivity contribution in [1.29, 1.82) is 0 Å². The lowest BCUT2D eigenvalue weighted by atomic mass is 10.1. The Morgan fingerprint density at radius 1 is 1.19 bits per heavy atom. The molecule has 1 aromatic heterocycles. The highest BCUT2D eigenvalue weighted by molar-refractivity contribution is 6.04. The van der Waals surface area contributed by atoms with Gasteiger partial charge in [-0.15, -0.1) is 0 Å². The van der Waals surface area contributed by atoms with Gasteiger partial charge in [0.2, 0.25) is 0 Å². The van der Waals surface area contributed by atoms with Crippen LogP contribution in [0.1, 0.15) is 59.9 Å². The number of piperazine rings is 1. The van der Waals surface area contributed by atoms with E-state index in [0.717, 1.165) is 36.5 Å². The number of fused-ring (bicyclic) bond motifs is 2. The average molecular weight is 423 g/mol. The number of urea groups is 1. The third kappa shape index (κ3) is 3.48. The van der Waals surface area contributed by atoms with E-state index in [9.17, 15) is 9.59 Å². The largest absolute Gasteiger partial charge is 0.321 e. The van der Waals surface area contributed by atoms with E-state index >= 15 is 0 Å². The van der Waals surface area contributed by atoms with Crippen LogP contribution in [0.3, 0.4) is 0 Å². The summed E-state index contributed by atoms with van der Waals surface area (Å²) in [7, 11) is 0. The Kier molecular flexibility index (Phi) is 4.97. The summed E-state index contributed by atoms with van der Waals surface area (Å²) in [6, 6.07) is 8.13. The number of anilines is 1. The van der Waals surface area contributed by atoms with E-state index in [1.807, 2.05) is 41.8 Å². The maximum Gasteiger partial charge on any atom is 0.321 e. The van der Waals surface area contributed by atoms with Crippen molar-refractivity contribution in [3.05, 3.63) is 46.6 Å². The molecule has 0 aliphatic carbocycles. The highest BCUT2D eigenvalue weighted by Crippen LogP contribution is 2.37. The molecular formula is C23H30N6O2. The van der Waals surface area contributed by atoms with Crippen LogP contribution in [-0.4, -0.2) is 68.6 Å².